The Kier molecular flexibility index (Phi) is 4.26. The normalized spacial score (nSPS) is 22.7. The number of carbonyl (C=O) groups excluding carboxylic acids is 1. The van der Waals surface area contributed by atoms with Crippen molar-refractivity contribution in [2.24, 2.45) is 5.92 Å². The number of ether oxygens (including phenoxy) is 1. The van der Waals surface area contributed by atoms with Crippen LogP contribution in [0.25, 0.3) is 0 Å². The lowest BCUT2D eigenvalue weighted by Gasteiger charge is -2.28. The minimum absolute atomic E-state index is 0.263. The number of rotatable bonds is 6. The third-order valence-corrected chi connectivity index (χ3v) is 4.99. The summed E-state index contributed by atoms with van der Waals surface area (Å²) in [5.74, 6) is 1.00. The maximum atomic E-state index is 11.3. The monoisotopic (exact) mass is 339 g/mol. The molecule has 2 aliphatic rings. The summed E-state index contributed by atoms with van der Waals surface area (Å²) in [7, 11) is 0. The molecule has 0 aromatic carbocycles. The maximum absolute atomic E-state index is 11.3. The second-order valence-corrected chi connectivity index (χ2v) is 6.77. The second-order valence-electron chi connectivity index (χ2n) is 6.77. The van der Waals surface area contributed by atoms with E-state index in [0.29, 0.717) is 30.6 Å². The highest BCUT2D eigenvalue weighted by atomic mass is 16.5. The first kappa shape index (κ1) is 15.9. The van der Waals surface area contributed by atoms with Gasteiger partial charge in [-0.2, -0.15) is 5.10 Å². The first-order valence-corrected chi connectivity index (χ1v) is 8.77. The Morgan fingerprint density at radius 1 is 1.36 bits per heavy atom. The number of aromatic nitrogens is 3. The minimum atomic E-state index is -0.304. The van der Waals surface area contributed by atoms with Gasteiger partial charge in [0.1, 0.15) is 5.75 Å². The van der Waals surface area contributed by atoms with E-state index in [1.54, 1.807) is 0 Å². The molecule has 2 aliphatic carbocycles. The van der Waals surface area contributed by atoms with E-state index in [1.807, 2.05) is 6.20 Å². The van der Waals surface area contributed by atoms with Crippen molar-refractivity contribution in [3.05, 3.63) is 58.3 Å². The van der Waals surface area contributed by atoms with Crippen LogP contribution in [0.1, 0.15) is 53.7 Å². The molecule has 0 bridgehead atoms. The van der Waals surface area contributed by atoms with Gasteiger partial charge in [-0.3, -0.25) is 14.3 Å². The van der Waals surface area contributed by atoms with Gasteiger partial charge in [0.05, 0.1) is 18.2 Å². The second kappa shape index (κ2) is 6.70. The summed E-state index contributed by atoms with van der Waals surface area (Å²) in [5, 5.41) is 4.50. The predicted octanol–water partition coefficient (Wildman–Crippen LogP) is 2.85. The van der Waals surface area contributed by atoms with Crippen LogP contribution in [-0.4, -0.2) is 27.7 Å². The predicted molar refractivity (Wildman–Crippen MR) is 93.0 cm³/mol. The summed E-state index contributed by atoms with van der Waals surface area (Å²) in [4.78, 5) is 25.1. The number of carbonyl (C=O) groups is 1. The van der Waals surface area contributed by atoms with Crippen LogP contribution in [0.15, 0.2) is 41.5 Å². The molecule has 0 saturated heterocycles. The Labute approximate surface area is 145 Å². The van der Waals surface area contributed by atoms with E-state index in [1.165, 1.54) is 30.8 Å². The number of pyridine rings is 1. The summed E-state index contributed by atoms with van der Waals surface area (Å²) in [6.45, 7) is 0.498. The van der Waals surface area contributed by atoms with Gasteiger partial charge in [0.2, 0.25) is 5.56 Å². The fourth-order valence-electron chi connectivity index (χ4n) is 3.52. The lowest BCUT2D eigenvalue weighted by Crippen LogP contribution is -2.24. The van der Waals surface area contributed by atoms with E-state index in [4.69, 9.17) is 4.74 Å². The summed E-state index contributed by atoms with van der Waals surface area (Å²) >= 11 is 0. The zero-order chi connectivity index (χ0) is 17.2. The fourth-order valence-corrected chi connectivity index (χ4v) is 3.52. The van der Waals surface area contributed by atoms with Gasteiger partial charge in [0.15, 0.2) is 6.29 Å². The summed E-state index contributed by atoms with van der Waals surface area (Å²) in [6.07, 6.45) is 12.9. The molecule has 0 radical (unpaired) electrons. The van der Waals surface area contributed by atoms with Crippen LogP contribution < -0.4 is 10.3 Å². The van der Waals surface area contributed by atoms with Crippen molar-refractivity contribution < 1.29 is 9.53 Å². The van der Waals surface area contributed by atoms with Gasteiger partial charge in [0, 0.05) is 36.0 Å². The highest BCUT2D eigenvalue weighted by Gasteiger charge is 2.32. The zero-order valence-electron chi connectivity index (χ0n) is 13.9. The largest absolute Gasteiger partial charge is 0.491 e. The Hall–Kier alpha value is -2.63. The first-order valence-electron chi connectivity index (χ1n) is 8.77. The van der Waals surface area contributed by atoms with E-state index < -0.39 is 0 Å². The summed E-state index contributed by atoms with van der Waals surface area (Å²) in [6, 6.07) is 3.91. The average Bonchev–Trinajstić information content (AvgIpc) is 3.37. The van der Waals surface area contributed by atoms with Crippen molar-refractivity contribution in [2.75, 3.05) is 6.61 Å². The lowest BCUT2D eigenvalue weighted by atomic mass is 9.82. The Morgan fingerprint density at radius 3 is 3.04 bits per heavy atom. The smallest absolute Gasteiger partial charge is 0.248 e. The van der Waals surface area contributed by atoms with Gasteiger partial charge in [-0.1, -0.05) is 12.2 Å². The van der Waals surface area contributed by atoms with E-state index in [2.05, 4.69) is 33.0 Å². The van der Waals surface area contributed by atoms with Gasteiger partial charge >= 0.3 is 0 Å². The molecule has 0 amide bonds. The van der Waals surface area contributed by atoms with Crippen molar-refractivity contribution in [1.82, 2.24) is 14.8 Å². The molecule has 1 saturated carbocycles. The number of H-pyrrole nitrogens is 1. The number of nitrogens with zero attached hydrogens (tertiary/aromatic N) is 2. The van der Waals surface area contributed by atoms with E-state index >= 15 is 0 Å². The molecule has 6 nitrogen and oxygen atoms in total. The average molecular weight is 339 g/mol. The van der Waals surface area contributed by atoms with Crippen LogP contribution in [0.5, 0.6) is 5.75 Å². The third kappa shape index (κ3) is 3.29. The van der Waals surface area contributed by atoms with Crippen LogP contribution in [-0.2, 0) is 0 Å². The maximum Gasteiger partial charge on any atom is 0.248 e. The minimum Gasteiger partial charge on any atom is -0.491 e. The lowest BCUT2D eigenvalue weighted by molar-refractivity contribution is 0.111. The van der Waals surface area contributed by atoms with Gasteiger partial charge < -0.3 is 9.72 Å². The van der Waals surface area contributed by atoms with Gasteiger partial charge in [0.25, 0.3) is 0 Å². The molecule has 2 aromatic heterocycles. The molecule has 0 spiro atoms. The first-order chi connectivity index (χ1) is 12.3. The number of aldehydes is 1. The molecule has 130 valence electrons. The van der Waals surface area contributed by atoms with Gasteiger partial charge in [-0.25, -0.2) is 0 Å². The molecule has 2 atom stereocenters. The van der Waals surface area contributed by atoms with Crippen molar-refractivity contribution in [3.63, 3.8) is 0 Å². The van der Waals surface area contributed by atoms with Crippen molar-refractivity contribution in [3.8, 4) is 5.75 Å². The molecule has 2 aromatic rings. The SMILES string of the molecule is O=Cc1cc(=O)[nH]cc1OCC1CCC=CC1c1ccnn1C1CC1. The Balaban J connectivity index is 1.53. The number of hydrogen-bond donors (Lipinski definition) is 1. The molecule has 2 unspecified atom stereocenters. The summed E-state index contributed by atoms with van der Waals surface area (Å²) < 4.78 is 8.06. The van der Waals surface area contributed by atoms with Crippen molar-refractivity contribution in [1.29, 1.82) is 0 Å². The quantitative estimate of drug-likeness (QED) is 0.648. The molecule has 4 rings (SSSR count). The summed E-state index contributed by atoms with van der Waals surface area (Å²) in [5.41, 5.74) is 1.22. The molecule has 25 heavy (non-hydrogen) atoms. The molecule has 2 heterocycles. The van der Waals surface area contributed by atoms with E-state index in [9.17, 15) is 9.59 Å². The van der Waals surface area contributed by atoms with E-state index in [-0.39, 0.29) is 17.0 Å². The highest BCUT2D eigenvalue weighted by Crippen LogP contribution is 2.40. The van der Waals surface area contributed by atoms with Crippen LogP contribution in [0.4, 0.5) is 0 Å². The van der Waals surface area contributed by atoms with E-state index in [0.717, 1.165) is 12.8 Å². The van der Waals surface area contributed by atoms with Crippen LogP contribution >= 0.6 is 0 Å². The number of nitrogens with one attached hydrogen (secondary N) is 1. The molecular weight excluding hydrogens is 318 g/mol. The molecule has 1 fully saturated rings. The molecule has 0 aliphatic heterocycles. The number of allylic oxidation sites excluding steroid dienone is 2. The topological polar surface area (TPSA) is 77.0 Å². The zero-order valence-corrected chi connectivity index (χ0v) is 13.9. The number of aromatic amines is 1. The molecule has 1 N–H and O–H groups in total. The molecular formula is C19H21N3O3. The number of hydrogen-bond acceptors (Lipinski definition) is 4. The van der Waals surface area contributed by atoms with Crippen LogP contribution in [0.3, 0.4) is 0 Å². The van der Waals surface area contributed by atoms with Crippen molar-refractivity contribution in [2.45, 2.75) is 37.6 Å². The highest BCUT2D eigenvalue weighted by molar-refractivity contribution is 5.78. The van der Waals surface area contributed by atoms with Crippen molar-refractivity contribution >= 4 is 6.29 Å². The third-order valence-electron chi connectivity index (χ3n) is 4.99. The van der Waals surface area contributed by atoms with Gasteiger partial charge in [-0.15, -0.1) is 0 Å². The van der Waals surface area contributed by atoms with Gasteiger partial charge in [-0.05, 0) is 31.7 Å². The fraction of sp³-hybridized carbons (Fsp3) is 0.421. The van der Waals surface area contributed by atoms with Crippen LogP contribution in [0, 0.1) is 5.92 Å². The Bertz CT molecular complexity index is 848. The standard InChI is InChI=1S/C19H21N3O3/c23-11-14-9-19(24)20-10-18(14)25-12-13-3-1-2-4-16(13)17-7-8-21-22(17)15-5-6-15/h2,4,7-11,13,15-16H,1,3,5-6,12H2,(H,20,24). The van der Waals surface area contributed by atoms with Crippen LogP contribution in [0.2, 0.25) is 0 Å². The Morgan fingerprint density at radius 2 is 2.24 bits per heavy atom. The molecule has 6 heteroatoms.